The van der Waals surface area contributed by atoms with Crippen molar-refractivity contribution >= 4 is 17.0 Å². The molecule has 4 rings (SSSR count). The quantitative estimate of drug-likeness (QED) is 0.566. The van der Waals surface area contributed by atoms with Gasteiger partial charge < -0.3 is 15.6 Å². The fourth-order valence-electron chi connectivity index (χ4n) is 4.94. The molecule has 1 atom stereocenters. The lowest BCUT2D eigenvalue weighted by atomic mass is 9.90. The van der Waals surface area contributed by atoms with Gasteiger partial charge in [0.15, 0.2) is 0 Å². The number of hydrogen-bond acceptors (Lipinski definition) is 6. The number of rotatable bonds is 5. The normalized spacial score (nSPS) is 20.2. The molecule has 0 aliphatic carbocycles. The Morgan fingerprint density at radius 2 is 2.00 bits per heavy atom. The number of fused-ring (bicyclic) bond motifs is 1. The van der Waals surface area contributed by atoms with Gasteiger partial charge in [0.05, 0.1) is 23.4 Å². The van der Waals surface area contributed by atoms with Crippen LogP contribution in [0, 0.1) is 11.3 Å². The van der Waals surface area contributed by atoms with E-state index in [4.69, 9.17) is 5.84 Å². The average molecular weight is 457 g/mol. The minimum atomic E-state index is 0.0773. The third-order valence-corrected chi connectivity index (χ3v) is 7.03. The van der Waals surface area contributed by atoms with Gasteiger partial charge in [-0.05, 0) is 74.6 Å². The van der Waals surface area contributed by atoms with Crippen molar-refractivity contribution in [2.24, 2.45) is 5.84 Å². The van der Waals surface area contributed by atoms with Crippen molar-refractivity contribution in [1.82, 2.24) is 15.2 Å². The summed E-state index contributed by atoms with van der Waals surface area (Å²) in [4.78, 5) is 2.50. The molecule has 2 aromatic carbocycles. The highest BCUT2D eigenvalue weighted by Gasteiger charge is 2.27. The first kappa shape index (κ1) is 23.9. The zero-order chi connectivity index (χ0) is 24.2. The van der Waals surface area contributed by atoms with E-state index in [-0.39, 0.29) is 6.04 Å². The summed E-state index contributed by atoms with van der Waals surface area (Å²) < 4.78 is 0. The summed E-state index contributed by atoms with van der Waals surface area (Å²) in [6, 6.07) is 17.4. The molecule has 34 heavy (non-hydrogen) atoms. The van der Waals surface area contributed by atoms with E-state index in [0.29, 0.717) is 11.6 Å². The lowest BCUT2D eigenvalue weighted by Gasteiger charge is -2.30. The van der Waals surface area contributed by atoms with Gasteiger partial charge in [0, 0.05) is 49.7 Å². The van der Waals surface area contributed by atoms with Crippen LogP contribution in [-0.2, 0) is 0 Å². The molecular weight excluding hydrogens is 420 g/mol. The Hall–Kier alpha value is -3.27. The maximum Gasteiger partial charge on any atom is 0.0992 e. The molecule has 2 aliphatic heterocycles. The lowest BCUT2D eigenvalue weighted by Crippen LogP contribution is -2.34. The number of nitriles is 1. The molecule has 0 saturated carbocycles. The molecule has 178 valence electrons. The monoisotopic (exact) mass is 456 g/mol. The van der Waals surface area contributed by atoms with Crippen molar-refractivity contribution in [3.05, 3.63) is 76.5 Å². The van der Waals surface area contributed by atoms with E-state index in [1.165, 1.54) is 16.7 Å². The molecule has 6 nitrogen and oxygen atoms in total. The fourth-order valence-corrected chi connectivity index (χ4v) is 4.94. The smallest absolute Gasteiger partial charge is 0.0992 e. The van der Waals surface area contributed by atoms with Crippen LogP contribution in [0.25, 0.3) is 11.3 Å². The third-order valence-electron chi connectivity index (χ3n) is 7.03. The van der Waals surface area contributed by atoms with Crippen molar-refractivity contribution in [3.8, 4) is 6.07 Å². The van der Waals surface area contributed by atoms with E-state index in [1.54, 1.807) is 0 Å². The molecule has 2 aromatic rings. The fraction of sp³-hybridized carbons (Fsp3) is 0.393. The molecule has 0 bridgehead atoms. The van der Waals surface area contributed by atoms with Crippen LogP contribution in [0.2, 0.25) is 0 Å². The topological polar surface area (TPSA) is 80.3 Å². The number of nitrogens with two attached hydrogens (primary N) is 1. The van der Waals surface area contributed by atoms with Crippen molar-refractivity contribution in [1.29, 1.82) is 5.26 Å². The highest BCUT2D eigenvalue weighted by Crippen LogP contribution is 2.37. The van der Waals surface area contributed by atoms with Gasteiger partial charge in [-0.25, -0.2) is 5.84 Å². The van der Waals surface area contributed by atoms with E-state index < -0.39 is 0 Å². The summed E-state index contributed by atoms with van der Waals surface area (Å²) in [6.45, 7) is 9.39. The summed E-state index contributed by atoms with van der Waals surface area (Å²) in [6.07, 6.45) is 4.29. The second kappa shape index (κ2) is 10.3. The number of allylic oxidation sites excluding steroid dienone is 1. The second-order valence-electron chi connectivity index (χ2n) is 9.47. The molecule has 0 fully saturated rings. The van der Waals surface area contributed by atoms with Gasteiger partial charge in [0.2, 0.25) is 0 Å². The number of nitrogens with one attached hydrogen (secondary N) is 2. The first-order valence-electron chi connectivity index (χ1n) is 12.2. The molecule has 0 radical (unpaired) electrons. The van der Waals surface area contributed by atoms with E-state index in [2.05, 4.69) is 66.6 Å². The van der Waals surface area contributed by atoms with Crippen LogP contribution in [0.15, 0.2) is 54.2 Å². The summed E-state index contributed by atoms with van der Waals surface area (Å²) >= 11 is 0. The largest absolute Gasteiger partial charge is 0.390 e. The predicted molar refractivity (Wildman–Crippen MR) is 140 cm³/mol. The van der Waals surface area contributed by atoms with Gasteiger partial charge in [0.25, 0.3) is 0 Å². The van der Waals surface area contributed by atoms with Crippen molar-refractivity contribution < 1.29 is 0 Å². The van der Waals surface area contributed by atoms with Crippen molar-refractivity contribution in [2.75, 3.05) is 32.0 Å². The molecule has 4 N–H and O–H groups in total. The molecule has 2 aliphatic rings. The van der Waals surface area contributed by atoms with Crippen LogP contribution in [0.1, 0.15) is 61.9 Å². The Bertz CT molecular complexity index is 1140. The van der Waals surface area contributed by atoms with Crippen LogP contribution in [0.5, 0.6) is 0 Å². The Morgan fingerprint density at radius 3 is 2.68 bits per heavy atom. The molecule has 0 aromatic heterocycles. The minimum absolute atomic E-state index is 0.0773. The minimum Gasteiger partial charge on any atom is -0.390 e. The zero-order valence-corrected chi connectivity index (χ0v) is 20.7. The van der Waals surface area contributed by atoms with Crippen LogP contribution in [0.3, 0.4) is 0 Å². The Labute approximate surface area is 203 Å². The van der Waals surface area contributed by atoms with Gasteiger partial charge in [-0.15, -0.1) is 0 Å². The van der Waals surface area contributed by atoms with Gasteiger partial charge >= 0.3 is 0 Å². The first-order chi connectivity index (χ1) is 16.4. The van der Waals surface area contributed by atoms with Crippen molar-refractivity contribution in [3.63, 3.8) is 0 Å². The summed E-state index contributed by atoms with van der Waals surface area (Å²) in [5.41, 5.74) is 8.76. The number of hydrazine groups is 1. The van der Waals surface area contributed by atoms with Crippen LogP contribution < -0.4 is 16.5 Å². The molecule has 0 spiro atoms. The van der Waals surface area contributed by atoms with Crippen LogP contribution in [-0.4, -0.2) is 42.6 Å². The highest BCUT2D eigenvalue weighted by molar-refractivity contribution is 5.75. The van der Waals surface area contributed by atoms with Gasteiger partial charge in [-0.2, -0.15) is 5.26 Å². The summed E-state index contributed by atoms with van der Waals surface area (Å²) in [7, 11) is 1.94. The first-order valence-corrected chi connectivity index (χ1v) is 12.2. The van der Waals surface area contributed by atoms with Gasteiger partial charge in [0.1, 0.15) is 0 Å². The SMILES string of the molecule is CN/C(C)=C1/c2ccc(C3=CCN(C(C)C)CC3)cc2C(Nc2cccc(C#N)c2)CCN1N. The third kappa shape index (κ3) is 4.96. The standard InChI is InChI=1S/C28H36N6/c1-19(2)33-13-10-22(11-14-33)23-8-9-25-26(17-23)27(12-15-34(30)28(25)20(3)31-4)32-24-7-5-6-21(16-24)18-29/h5-10,16-17,19,27,31-32H,11-15,30H2,1-4H3/b28-20-. The molecule has 0 saturated heterocycles. The summed E-state index contributed by atoms with van der Waals surface area (Å²) in [5.74, 6) is 6.54. The molecule has 6 heteroatoms. The molecule has 0 amide bonds. The maximum absolute atomic E-state index is 9.34. The zero-order valence-electron chi connectivity index (χ0n) is 20.7. The Kier molecular flexibility index (Phi) is 7.26. The van der Waals surface area contributed by atoms with Gasteiger partial charge in [-0.1, -0.05) is 24.3 Å². The summed E-state index contributed by atoms with van der Waals surface area (Å²) in [5, 5.41) is 18.2. The number of anilines is 1. The highest BCUT2D eigenvalue weighted by atomic mass is 15.4. The number of benzene rings is 2. The maximum atomic E-state index is 9.34. The lowest BCUT2D eigenvalue weighted by molar-refractivity contribution is 0.245. The molecule has 2 heterocycles. The number of hydrogen-bond donors (Lipinski definition) is 3. The van der Waals surface area contributed by atoms with Crippen LogP contribution in [0.4, 0.5) is 5.69 Å². The Morgan fingerprint density at radius 1 is 1.18 bits per heavy atom. The molecule has 1 unspecified atom stereocenters. The average Bonchev–Trinajstić information content (AvgIpc) is 2.99. The van der Waals surface area contributed by atoms with Gasteiger partial charge in [-0.3, -0.25) is 4.90 Å². The Balaban J connectivity index is 1.77. The van der Waals surface area contributed by atoms with E-state index in [1.807, 2.05) is 36.3 Å². The van der Waals surface area contributed by atoms with Crippen LogP contribution >= 0.6 is 0 Å². The predicted octanol–water partition coefficient (Wildman–Crippen LogP) is 4.70. The van der Waals surface area contributed by atoms with Crippen molar-refractivity contribution in [2.45, 2.75) is 45.7 Å². The van der Waals surface area contributed by atoms with E-state index >= 15 is 0 Å². The molecular formula is C28H36N6. The number of nitrogens with zero attached hydrogens (tertiary/aromatic N) is 3. The van der Waals surface area contributed by atoms with E-state index in [0.717, 1.165) is 55.1 Å². The second-order valence-corrected chi connectivity index (χ2v) is 9.47. The van der Waals surface area contributed by atoms with E-state index in [9.17, 15) is 5.26 Å².